The summed E-state index contributed by atoms with van der Waals surface area (Å²) in [7, 11) is 0. The zero-order chi connectivity index (χ0) is 16.6. The third kappa shape index (κ3) is 3.01. The van der Waals surface area contributed by atoms with Crippen molar-refractivity contribution in [1.29, 1.82) is 0 Å². The summed E-state index contributed by atoms with van der Waals surface area (Å²) >= 11 is 0. The minimum Gasteiger partial charge on any atom is -0.463 e. The number of amides is 1. The van der Waals surface area contributed by atoms with E-state index < -0.39 is 0 Å². The van der Waals surface area contributed by atoms with E-state index >= 15 is 0 Å². The lowest BCUT2D eigenvalue weighted by Crippen LogP contribution is -2.54. The monoisotopic (exact) mass is 313 g/mol. The van der Waals surface area contributed by atoms with Gasteiger partial charge < -0.3 is 15.1 Å². The number of nitrogens with zero attached hydrogens (tertiary/aromatic N) is 2. The molecule has 1 aliphatic rings. The molecule has 5 nitrogen and oxygen atoms in total. The summed E-state index contributed by atoms with van der Waals surface area (Å²) in [5.74, 6) is 0.734. The van der Waals surface area contributed by atoms with Gasteiger partial charge in [-0.1, -0.05) is 13.8 Å². The fourth-order valence-electron chi connectivity index (χ4n) is 3.07. The van der Waals surface area contributed by atoms with Crippen molar-refractivity contribution in [3.05, 3.63) is 41.8 Å². The Balaban J connectivity index is 1.83. The van der Waals surface area contributed by atoms with Crippen molar-refractivity contribution in [2.24, 2.45) is 11.1 Å². The summed E-state index contributed by atoms with van der Waals surface area (Å²) in [6.45, 7) is 7.46. The number of carbonyl (C=O) groups excluding carboxylic acids is 1. The maximum atomic E-state index is 12.8. The average Bonchev–Trinajstić information content (AvgIpc) is 3.03. The smallest absolute Gasteiger partial charge is 0.255 e. The predicted molar refractivity (Wildman–Crippen MR) is 89.0 cm³/mol. The minimum atomic E-state index is -0.0661. The molecule has 23 heavy (non-hydrogen) atoms. The summed E-state index contributed by atoms with van der Waals surface area (Å²) in [5, 5.41) is 0. The van der Waals surface area contributed by atoms with Gasteiger partial charge in [0.2, 0.25) is 0 Å². The summed E-state index contributed by atoms with van der Waals surface area (Å²) < 4.78 is 5.36. The van der Waals surface area contributed by atoms with Crippen LogP contribution >= 0.6 is 0 Å². The van der Waals surface area contributed by atoms with Crippen molar-refractivity contribution in [2.75, 3.05) is 13.1 Å². The van der Waals surface area contributed by atoms with E-state index in [9.17, 15) is 4.79 Å². The molecule has 0 spiro atoms. The fourth-order valence-corrected chi connectivity index (χ4v) is 3.07. The largest absolute Gasteiger partial charge is 0.463 e. The molecule has 1 saturated heterocycles. The third-order valence-electron chi connectivity index (χ3n) is 4.69. The fraction of sp³-hybridized carbons (Fsp3) is 0.444. The van der Waals surface area contributed by atoms with E-state index in [2.05, 4.69) is 18.8 Å². The highest BCUT2D eigenvalue weighted by atomic mass is 16.3. The Kier molecular flexibility index (Phi) is 3.98. The van der Waals surface area contributed by atoms with Crippen LogP contribution in [0.3, 0.4) is 0 Å². The van der Waals surface area contributed by atoms with Gasteiger partial charge in [-0.25, -0.2) is 4.98 Å². The van der Waals surface area contributed by atoms with Gasteiger partial charge in [0.05, 0.1) is 17.5 Å². The summed E-state index contributed by atoms with van der Waals surface area (Å²) in [6, 6.07) is 7.48. The van der Waals surface area contributed by atoms with Gasteiger partial charge in [-0.05, 0) is 43.0 Å². The molecule has 1 atom stereocenters. The van der Waals surface area contributed by atoms with Gasteiger partial charge in [0.25, 0.3) is 5.91 Å². The van der Waals surface area contributed by atoms with E-state index in [1.54, 1.807) is 6.26 Å². The Morgan fingerprint density at radius 2 is 2.17 bits per heavy atom. The Bertz CT molecular complexity index is 707. The number of aryl methyl sites for hydroxylation is 1. The number of pyridine rings is 1. The highest BCUT2D eigenvalue weighted by Crippen LogP contribution is 2.29. The van der Waals surface area contributed by atoms with Crippen LogP contribution in [0.2, 0.25) is 0 Å². The zero-order valence-corrected chi connectivity index (χ0v) is 13.9. The number of aromatic nitrogens is 1. The van der Waals surface area contributed by atoms with Gasteiger partial charge >= 0.3 is 0 Å². The minimum absolute atomic E-state index is 0.0287. The topological polar surface area (TPSA) is 72.4 Å². The lowest BCUT2D eigenvalue weighted by atomic mass is 9.79. The zero-order valence-electron chi connectivity index (χ0n) is 13.9. The van der Waals surface area contributed by atoms with Crippen LogP contribution in [0, 0.1) is 12.3 Å². The van der Waals surface area contributed by atoms with Crippen molar-refractivity contribution in [3.8, 4) is 11.5 Å². The molecule has 1 aliphatic heterocycles. The number of nitrogens with two attached hydrogens (primary N) is 1. The molecule has 1 fully saturated rings. The molecule has 2 N–H and O–H groups in total. The molecule has 2 aromatic rings. The molecular formula is C18H23N3O2. The van der Waals surface area contributed by atoms with Crippen LogP contribution in [0.1, 0.15) is 36.3 Å². The van der Waals surface area contributed by atoms with Crippen molar-refractivity contribution in [1.82, 2.24) is 9.88 Å². The second kappa shape index (κ2) is 5.81. The summed E-state index contributed by atoms with van der Waals surface area (Å²) in [6.07, 6.45) is 2.44. The molecule has 122 valence electrons. The Labute approximate surface area is 136 Å². The molecule has 5 heteroatoms. The predicted octanol–water partition coefficient (Wildman–Crippen LogP) is 2.85. The lowest BCUT2D eigenvalue weighted by Gasteiger charge is -2.42. The molecule has 2 aromatic heterocycles. The standard InChI is InChI=1S/C18H23N3O2/c1-12-13(6-7-14(20-12)15-5-4-10-23-15)17(22)21-9-8-16(19)18(2,3)11-21/h4-7,10,16H,8-9,11,19H2,1-3H3. The number of carbonyl (C=O) groups is 1. The van der Waals surface area contributed by atoms with Crippen molar-refractivity contribution < 1.29 is 9.21 Å². The Morgan fingerprint density at radius 3 is 2.78 bits per heavy atom. The van der Waals surface area contributed by atoms with E-state index in [1.165, 1.54) is 0 Å². The number of hydrogen-bond donors (Lipinski definition) is 1. The second-order valence-corrected chi connectivity index (χ2v) is 6.92. The van der Waals surface area contributed by atoms with E-state index in [0.29, 0.717) is 24.4 Å². The first-order valence-corrected chi connectivity index (χ1v) is 7.95. The normalized spacial score (nSPS) is 20.5. The number of hydrogen-bond acceptors (Lipinski definition) is 4. The van der Waals surface area contributed by atoms with Crippen LogP contribution in [0.25, 0.3) is 11.5 Å². The maximum absolute atomic E-state index is 12.8. The van der Waals surface area contributed by atoms with Crippen molar-refractivity contribution >= 4 is 5.91 Å². The van der Waals surface area contributed by atoms with Crippen LogP contribution in [0.5, 0.6) is 0 Å². The van der Waals surface area contributed by atoms with Crippen LogP contribution < -0.4 is 5.73 Å². The molecule has 1 unspecified atom stereocenters. The molecule has 0 saturated carbocycles. The first-order valence-electron chi connectivity index (χ1n) is 7.95. The van der Waals surface area contributed by atoms with Crippen LogP contribution in [-0.2, 0) is 0 Å². The van der Waals surface area contributed by atoms with Gasteiger partial charge in [-0.2, -0.15) is 0 Å². The van der Waals surface area contributed by atoms with Crippen LogP contribution in [-0.4, -0.2) is 34.9 Å². The van der Waals surface area contributed by atoms with E-state index in [0.717, 1.165) is 17.8 Å². The highest BCUT2D eigenvalue weighted by molar-refractivity contribution is 5.95. The first-order chi connectivity index (χ1) is 10.9. The SMILES string of the molecule is Cc1nc(-c2ccco2)ccc1C(=O)N1CCC(N)C(C)(C)C1. The number of rotatable bonds is 2. The molecular weight excluding hydrogens is 290 g/mol. The lowest BCUT2D eigenvalue weighted by molar-refractivity contribution is 0.0532. The second-order valence-electron chi connectivity index (χ2n) is 6.92. The van der Waals surface area contributed by atoms with Crippen molar-refractivity contribution in [3.63, 3.8) is 0 Å². The average molecular weight is 313 g/mol. The van der Waals surface area contributed by atoms with Crippen LogP contribution in [0.4, 0.5) is 0 Å². The number of furan rings is 1. The highest BCUT2D eigenvalue weighted by Gasteiger charge is 2.35. The van der Waals surface area contributed by atoms with E-state index in [4.69, 9.17) is 10.2 Å². The third-order valence-corrected chi connectivity index (χ3v) is 4.69. The van der Waals surface area contributed by atoms with E-state index in [-0.39, 0.29) is 17.4 Å². The molecule has 0 aromatic carbocycles. The molecule has 0 radical (unpaired) electrons. The quantitative estimate of drug-likeness (QED) is 0.925. The molecule has 3 heterocycles. The van der Waals surface area contributed by atoms with Gasteiger partial charge in [0, 0.05) is 19.1 Å². The Morgan fingerprint density at radius 1 is 1.39 bits per heavy atom. The van der Waals surface area contributed by atoms with Gasteiger partial charge in [-0.3, -0.25) is 4.79 Å². The number of piperidine rings is 1. The molecule has 3 rings (SSSR count). The molecule has 0 bridgehead atoms. The van der Waals surface area contributed by atoms with Gasteiger partial charge in [0.15, 0.2) is 5.76 Å². The molecule has 0 aliphatic carbocycles. The summed E-state index contributed by atoms with van der Waals surface area (Å²) in [4.78, 5) is 19.2. The summed E-state index contributed by atoms with van der Waals surface area (Å²) in [5.41, 5.74) is 8.20. The van der Waals surface area contributed by atoms with Gasteiger partial charge in [0.1, 0.15) is 5.69 Å². The van der Waals surface area contributed by atoms with Gasteiger partial charge in [-0.15, -0.1) is 0 Å². The maximum Gasteiger partial charge on any atom is 0.255 e. The van der Waals surface area contributed by atoms with Crippen molar-refractivity contribution in [2.45, 2.75) is 33.2 Å². The molecule has 1 amide bonds. The number of likely N-dealkylation sites (tertiary alicyclic amines) is 1. The van der Waals surface area contributed by atoms with Crippen LogP contribution in [0.15, 0.2) is 34.9 Å². The van der Waals surface area contributed by atoms with E-state index in [1.807, 2.05) is 36.1 Å². The first kappa shape index (κ1) is 15.7. The Hall–Kier alpha value is -2.14.